The highest BCUT2D eigenvalue weighted by molar-refractivity contribution is 5.83. The number of rotatable bonds is 14. The number of nitrogens with zero attached hydrogens (tertiary/aromatic N) is 4. The van der Waals surface area contributed by atoms with Gasteiger partial charge >= 0.3 is 12.2 Å². The third-order valence-corrected chi connectivity index (χ3v) is 8.15. The van der Waals surface area contributed by atoms with Crippen molar-refractivity contribution >= 4 is 24.0 Å². The van der Waals surface area contributed by atoms with E-state index < -0.39 is 12.2 Å². The van der Waals surface area contributed by atoms with Crippen LogP contribution in [0.2, 0.25) is 0 Å². The Balaban J connectivity index is 1.26. The van der Waals surface area contributed by atoms with Gasteiger partial charge in [-0.15, -0.1) is 0 Å². The second-order valence-electron chi connectivity index (χ2n) is 11.7. The summed E-state index contributed by atoms with van der Waals surface area (Å²) in [6.07, 6.45) is 3.68. The van der Waals surface area contributed by atoms with Crippen LogP contribution in [0.1, 0.15) is 43.9 Å². The van der Waals surface area contributed by atoms with Crippen LogP contribution < -0.4 is 15.4 Å². The van der Waals surface area contributed by atoms with Gasteiger partial charge in [0.25, 0.3) is 0 Å². The SMILES string of the molecule is CCCN(Cc1ncc(-c2ccc3c(c2)COc2cc(-c4cnc(CN(CCC)C(=O)CNC(=O)OC)[nH]4)ccc2-3)[nH]1)C(=O)CNC(=O)OC. The Morgan fingerprint density at radius 3 is 1.76 bits per heavy atom. The van der Waals surface area contributed by atoms with Gasteiger partial charge in [0, 0.05) is 24.2 Å². The highest BCUT2D eigenvalue weighted by Gasteiger charge is 2.21. The van der Waals surface area contributed by atoms with Gasteiger partial charge < -0.3 is 44.6 Å². The van der Waals surface area contributed by atoms with Crippen LogP contribution in [0.15, 0.2) is 48.8 Å². The minimum atomic E-state index is -0.658. The first-order chi connectivity index (χ1) is 24.2. The normalized spacial score (nSPS) is 11.4. The maximum atomic E-state index is 12.7. The Hall–Kier alpha value is -5.86. The molecule has 0 saturated heterocycles. The molecule has 5 rings (SSSR count). The standard InChI is InChI=1S/C35H42N8O7/c1-5-11-42(32(44)17-38-34(46)48-3)19-30-36-15-27(40-30)22-7-9-25-24(13-22)21-50-29-14-23(8-10-26(25)29)28-16-37-31(41-28)20-43(12-6-2)33(45)18-39-35(47)49-4/h7-10,13-16H,5-6,11-12,17-21H2,1-4H3,(H,36,40)(H,37,41)(H,38,46)(H,39,47). The zero-order valence-electron chi connectivity index (χ0n) is 28.6. The molecule has 4 aromatic rings. The average Bonchev–Trinajstić information content (AvgIpc) is 3.81. The highest BCUT2D eigenvalue weighted by atomic mass is 16.5. The number of aromatic nitrogens is 4. The zero-order valence-corrected chi connectivity index (χ0v) is 28.6. The Labute approximate surface area is 289 Å². The molecule has 0 bridgehead atoms. The van der Waals surface area contributed by atoms with Gasteiger partial charge in [-0.25, -0.2) is 19.6 Å². The van der Waals surface area contributed by atoms with Crippen LogP contribution in [0.3, 0.4) is 0 Å². The van der Waals surface area contributed by atoms with E-state index in [-0.39, 0.29) is 38.0 Å². The molecule has 4 N–H and O–H groups in total. The Morgan fingerprint density at radius 2 is 1.26 bits per heavy atom. The van der Waals surface area contributed by atoms with Crippen molar-refractivity contribution in [1.29, 1.82) is 0 Å². The monoisotopic (exact) mass is 686 g/mol. The number of amides is 4. The third kappa shape index (κ3) is 8.59. The van der Waals surface area contributed by atoms with Crippen molar-refractivity contribution < 1.29 is 33.4 Å². The molecule has 2 aromatic carbocycles. The van der Waals surface area contributed by atoms with Gasteiger partial charge in [-0.1, -0.05) is 32.0 Å². The number of H-pyrrole nitrogens is 2. The Bertz CT molecular complexity index is 1700. The van der Waals surface area contributed by atoms with Crippen LogP contribution in [0, 0.1) is 0 Å². The van der Waals surface area contributed by atoms with Crippen molar-refractivity contribution in [1.82, 2.24) is 40.4 Å². The van der Waals surface area contributed by atoms with Crippen molar-refractivity contribution in [3.8, 4) is 39.4 Å². The summed E-state index contributed by atoms with van der Waals surface area (Å²) in [6, 6.07) is 12.2. The first-order valence-electron chi connectivity index (χ1n) is 16.4. The molecule has 1 aliphatic rings. The predicted molar refractivity (Wildman–Crippen MR) is 184 cm³/mol. The topological polar surface area (TPSA) is 184 Å². The van der Waals surface area contributed by atoms with Crippen molar-refractivity contribution in [2.45, 2.75) is 46.4 Å². The van der Waals surface area contributed by atoms with Gasteiger partial charge in [0.05, 0.1) is 51.1 Å². The Kier molecular flexibility index (Phi) is 11.7. The molecule has 1 aliphatic heterocycles. The molecule has 0 fully saturated rings. The fourth-order valence-electron chi connectivity index (χ4n) is 5.66. The minimum absolute atomic E-state index is 0.157. The lowest BCUT2D eigenvalue weighted by Crippen LogP contribution is -2.40. The van der Waals surface area contributed by atoms with Crippen molar-refractivity contribution in [3.63, 3.8) is 0 Å². The quantitative estimate of drug-likeness (QED) is 0.151. The fraction of sp³-hybridized carbons (Fsp3) is 0.371. The van der Waals surface area contributed by atoms with Gasteiger partial charge in [0.1, 0.15) is 37.1 Å². The zero-order chi connectivity index (χ0) is 35.6. The lowest BCUT2D eigenvalue weighted by atomic mass is 9.93. The molecule has 0 saturated carbocycles. The summed E-state index contributed by atoms with van der Waals surface area (Å²) in [6.45, 7) is 5.61. The molecule has 2 aromatic heterocycles. The van der Waals surface area contributed by atoms with Crippen LogP contribution in [0.4, 0.5) is 9.59 Å². The summed E-state index contributed by atoms with van der Waals surface area (Å²) in [7, 11) is 2.50. The molecule has 0 atom stereocenters. The number of nitrogens with one attached hydrogen (secondary N) is 4. The van der Waals surface area contributed by atoms with Crippen LogP contribution in [0.5, 0.6) is 5.75 Å². The van der Waals surface area contributed by atoms with E-state index >= 15 is 0 Å². The number of imidazole rings is 2. The fourth-order valence-corrected chi connectivity index (χ4v) is 5.66. The first kappa shape index (κ1) is 35.4. The maximum absolute atomic E-state index is 12.7. The van der Waals surface area contributed by atoms with E-state index in [0.717, 1.165) is 57.8 Å². The predicted octanol–water partition coefficient (Wildman–Crippen LogP) is 4.22. The van der Waals surface area contributed by atoms with Crippen molar-refractivity contribution in [2.75, 3.05) is 40.4 Å². The third-order valence-electron chi connectivity index (χ3n) is 8.15. The number of alkyl carbamates (subject to hydrolysis) is 2. The molecular formula is C35H42N8O7. The molecule has 15 heteroatoms. The number of carbonyl (C=O) groups excluding carboxylic acids is 4. The summed E-state index contributed by atoms with van der Waals surface area (Å²) in [5.74, 6) is 1.55. The van der Waals surface area contributed by atoms with E-state index in [4.69, 9.17) is 4.74 Å². The van der Waals surface area contributed by atoms with E-state index in [1.165, 1.54) is 14.2 Å². The molecule has 264 valence electrons. The number of hydrogen-bond acceptors (Lipinski definition) is 9. The summed E-state index contributed by atoms with van der Waals surface area (Å²) in [4.78, 5) is 67.1. The summed E-state index contributed by atoms with van der Waals surface area (Å²) >= 11 is 0. The largest absolute Gasteiger partial charge is 0.488 e. The van der Waals surface area contributed by atoms with Gasteiger partial charge in [-0.2, -0.15) is 0 Å². The van der Waals surface area contributed by atoms with Crippen LogP contribution >= 0.6 is 0 Å². The van der Waals surface area contributed by atoms with Gasteiger partial charge in [-0.3, -0.25) is 9.59 Å². The summed E-state index contributed by atoms with van der Waals surface area (Å²) < 4.78 is 15.3. The minimum Gasteiger partial charge on any atom is -0.488 e. The molecule has 0 aliphatic carbocycles. The first-order valence-corrected chi connectivity index (χ1v) is 16.4. The lowest BCUT2D eigenvalue weighted by Gasteiger charge is -2.22. The van der Waals surface area contributed by atoms with Gasteiger partial charge in [0.15, 0.2) is 0 Å². The van der Waals surface area contributed by atoms with Crippen molar-refractivity contribution in [2.24, 2.45) is 0 Å². The van der Waals surface area contributed by atoms with E-state index in [1.54, 1.807) is 22.2 Å². The number of carbonyl (C=O) groups is 4. The molecule has 0 radical (unpaired) electrons. The molecule has 0 spiro atoms. The van der Waals surface area contributed by atoms with E-state index in [9.17, 15) is 19.2 Å². The smallest absolute Gasteiger partial charge is 0.407 e. The number of benzene rings is 2. The summed E-state index contributed by atoms with van der Waals surface area (Å²) in [5, 5.41) is 4.86. The molecule has 4 amide bonds. The number of methoxy groups -OCH3 is 2. The van der Waals surface area contributed by atoms with Crippen LogP contribution in [-0.4, -0.2) is 94.1 Å². The number of aromatic amines is 2. The van der Waals surface area contributed by atoms with E-state index in [1.807, 2.05) is 38.1 Å². The molecule has 50 heavy (non-hydrogen) atoms. The second-order valence-corrected chi connectivity index (χ2v) is 11.7. The Morgan fingerprint density at radius 1 is 0.760 bits per heavy atom. The van der Waals surface area contributed by atoms with E-state index in [2.05, 4.69) is 52.2 Å². The van der Waals surface area contributed by atoms with Crippen LogP contribution in [-0.2, 0) is 38.8 Å². The second kappa shape index (κ2) is 16.5. The van der Waals surface area contributed by atoms with Crippen LogP contribution in [0.25, 0.3) is 33.6 Å². The van der Waals surface area contributed by atoms with Gasteiger partial charge in [-0.05, 0) is 47.7 Å². The molecule has 0 unspecified atom stereocenters. The number of ether oxygens (including phenoxy) is 3. The maximum Gasteiger partial charge on any atom is 0.407 e. The van der Waals surface area contributed by atoms with Crippen molar-refractivity contribution in [3.05, 3.63) is 66.0 Å². The molecule has 15 nitrogen and oxygen atoms in total. The lowest BCUT2D eigenvalue weighted by molar-refractivity contribution is -0.131. The van der Waals surface area contributed by atoms with Gasteiger partial charge in [0.2, 0.25) is 11.8 Å². The highest BCUT2D eigenvalue weighted by Crippen LogP contribution is 2.41. The average molecular weight is 687 g/mol. The molecular weight excluding hydrogens is 644 g/mol. The molecule has 3 heterocycles. The number of fused-ring (bicyclic) bond motifs is 3. The number of hydrogen-bond donors (Lipinski definition) is 4. The summed E-state index contributed by atoms with van der Waals surface area (Å²) in [5.41, 5.74) is 6.50. The van der Waals surface area contributed by atoms with E-state index in [0.29, 0.717) is 31.3 Å².